The summed E-state index contributed by atoms with van der Waals surface area (Å²) >= 11 is 0. The Kier molecular flexibility index (Phi) is 5.87. The maximum Gasteiger partial charge on any atom is 0.310 e. The number of hydrogen-bond acceptors (Lipinski definition) is 4. The van der Waals surface area contributed by atoms with E-state index in [4.69, 9.17) is 10.5 Å². The maximum atomic E-state index is 11.6. The van der Waals surface area contributed by atoms with Crippen LogP contribution in [0.5, 0.6) is 0 Å². The monoisotopic (exact) mass is 250 g/mol. The van der Waals surface area contributed by atoms with Crippen molar-refractivity contribution in [2.45, 2.75) is 13.5 Å². The number of esters is 1. The molecule has 0 aliphatic rings. The van der Waals surface area contributed by atoms with Gasteiger partial charge in [-0.15, -0.1) is 0 Å². The fourth-order valence-electron chi connectivity index (χ4n) is 1.37. The molecule has 0 bridgehead atoms. The number of nitrogens with one attached hydrogen (secondary N) is 1. The zero-order chi connectivity index (χ0) is 13.4. The van der Waals surface area contributed by atoms with Gasteiger partial charge in [0, 0.05) is 6.54 Å². The molecule has 98 valence electrons. The Balaban J connectivity index is 2.25. The highest BCUT2D eigenvalue weighted by molar-refractivity contribution is 5.76. The van der Waals surface area contributed by atoms with Crippen LogP contribution in [0.4, 0.5) is 0 Å². The first-order valence-corrected chi connectivity index (χ1v) is 5.79. The summed E-state index contributed by atoms with van der Waals surface area (Å²) in [6, 6.07) is 9.47. The predicted molar refractivity (Wildman–Crippen MR) is 67.5 cm³/mol. The van der Waals surface area contributed by atoms with Crippen molar-refractivity contribution < 1.29 is 14.3 Å². The third-order valence-electron chi connectivity index (χ3n) is 2.38. The third kappa shape index (κ3) is 5.45. The molecule has 0 radical (unpaired) electrons. The molecule has 18 heavy (non-hydrogen) atoms. The summed E-state index contributed by atoms with van der Waals surface area (Å²) in [5.41, 5.74) is 5.92. The van der Waals surface area contributed by atoms with Crippen molar-refractivity contribution in [1.29, 1.82) is 0 Å². The molecule has 0 saturated heterocycles. The topological polar surface area (TPSA) is 81.4 Å². The number of carbonyl (C=O) groups excluding carboxylic acids is 2. The molecule has 1 amide bonds. The molecule has 3 N–H and O–H groups in total. The molecule has 1 unspecified atom stereocenters. The first-order valence-electron chi connectivity index (χ1n) is 5.79. The van der Waals surface area contributed by atoms with Gasteiger partial charge in [-0.3, -0.25) is 9.59 Å². The average molecular weight is 250 g/mol. The van der Waals surface area contributed by atoms with E-state index >= 15 is 0 Å². The van der Waals surface area contributed by atoms with Crippen LogP contribution in [0, 0.1) is 5.92 Å². The summed E-state index contributed by atoms with van der Waals surface area (Å²) in [5, 5.41) is 2.79. The number of hydrogen-bond donors (Lipinski definition) is 2. The van der Waals surface area contributed by atoms with Crippen LogP contribution in [0.2, 0.25) is 0 Å². The zero-order valence-electron chi connectivity index (χ0n) is 10.4. The Morgan fingerprint density at radius 1 is 1.33 bits per heavy atom. The van der Waals surface area contributed by atoms with Gasteiger partial charge in [-0.25, -0.2) is 0 Å². The van der Waals surface area contributed by atoms with Crippen LogP contribution in [0.25, 0.3) is 0 Å². The van der Waals surface area contributed by atoms with E-state index in [9.17, 15) is 9.59 Å². The lowest BCUT2D eigenvalue weighted by Gasteiger charge is -2.11. The van der Waals surface area contributed by atoms with Crippen molar-refractivity contribution >= 4 is 11.9 Å². The van der Waals surface area contributed by atoms with E-state index in [1.54, 1.807) is 6.92 Å². The van der Waals surface area contributed by atoms with E-state index in [1.807, 2.05) is 30.3 Å². The lowest BCUT2D eigenvalue weighted by molar-refractivity contribution is -0.149. The molecule has 5 nitrogen and oxygen atoms in total. The molecule has 1 aromatic carbocycles. The Hall–Kier alpha value is -1.88. The molecule has 1 rings (SSSR count). The highest BCUT2D eigenvalue weighted by Crippen LogP contribution is 2.04. The quantitative estimate of drug-likeness (QED) is 0.688. The normalized spacial score (nSPS) is 11.8. The highest BCUT2D eigenvalue weighted by Gasteiger charge is 2.14. The van der Waals surface area contributed by atoms with Crippen molar-refractivity contribution in [1.82, 2.24) is 5.32 Å². The second-order valence-electron chi connectivity index (χ2n) is 4.09. The van der Waals surface area contributed by atoms with Crippen LogP contribution in [0.1, 0.15) is 12.5 Å². The van der Waals surface area contributed by atoms with Crippen molar-refractivity contribution in [2.75, 3.05) is 13.1 Å². The van der Waals surface area contributed by atoms with E-state index in [1.165, 1.54) is 0 Å². The van der Waals surface area contributed by atoms with E-state index in [0.717, 1.165) is 5.56 Å². The van der Waals surface area contributed by atoms with Gasteiger partial charge >= 0.3 is 5.97 Å². The molecule has 0 fully saturated rings. The first kappa shape index (κ1) is 14.2. The number of primary amides is 1. The fourth-order valence-corrected chi connectivity index (χ4v) is 1.37. The van der Waals surface area contributed by atoms with Gasteiger partial charge in [0.05, 0.1) is 12.5 Å². The SMILES string of the molecule is CC(CNCC(N)=O)C(=O)OCc1ccccc1. The number of benzene rings is 1. The lowest BCUT2D eigenvalue weighted by Crippen LogP contribution is -2.34. The molecular weight excluding hydrogens is 232 g/mol. The first-order chi connectivity index (χ1) is 8.59. The number of ether oxygens (including phenoxy) is 1. The lowest BCUT2D eigenvalue weighted by atomic mass is 10.2. The van der Waals surface area contributed by atoms with Gasteiger partial charge in [-0.2, -0.15) is 0 Å². The van der Waals surface area contributed by atoms with Crippen LogP contribution in [-0.4, -0.2) is 25.0 Å². The molecule has 0 heterocycles. The Bertz CT molecular complexity index is 392. The van der Waals surface area contributed by atoms with Crippen LogP contribution < -0.4 is 11.1 Å². The standard InChI is InChI=1S/C13H18N2O3/c1-10(7-15-8-12(14)16)13(17)18-9-11-5-3-2-4-6-11/h2-6,10,15H,7-9H2,1H3,(H2,14,16). The maximum absolute atomic E-state index is 11.6. The largest absolute Gasteiger partial charge is 0.461 e. The van der Waals surface area contributed by atoms with Gasteiger partial charge in [0.1, 0.15) is 6.61 Å². The summed E-state index contributed by atoms with van der Waals surface area (Å²) in [6.45, 7) is 2.44. The van der Waals surface area contributed by atoms with E-state index < -0.39 is 5.91 Å². The summed E-state index contributed by atoms with van der Waals surface area (Å²) in [6.07, 6.45) is 0. The number of nitrogens with two attached hydrogens (primary N) is 1. The molecule has 0 aliphatic heterocycles. The van der Waals surface area contributed by atoms with Crippen LogP contribution in [0.15, 0.2) is 30.3 Å². The molecular formula is C13H18N2O3. The van der Waals surface area contributed by atoms with E-state index in [2.05, 4.69) is 5.32 Å². The summed E-state index contributed by atoms with van der Waals surface area (Å²) in [7, 11) is 0. The number of carbonyl (C=O) groups is 2. The van der Waals surface area contributed by atoms with Gasteiger partial charge in [-0.05, 0) is 5.56 Å². The highest BCUT2D eigenvalue weighted by atomic mass is 16.5. The Morgan fingerprint density at radius 3 is 2.61 bits per heavy atom. The Morgan fingerprint density at radius 2 is 2.00 bits per heavy atom. The minimum absolute atomic E-state index is 0.0658. The zero-order valence-corrected chi connectivity index (χ0v) is 10.4. The van der Waals surface area contributed by atoms with Gasteiger partial charge in [0.25, 0.3) is 0 Å². The van der Waals surface area contributed by atoms with Gasteiger partial charge in [-0.1, -0.05) is 37.3 Å². The minimum Gasteiger partial charge on any atom is -0.461 e. The number of amides is 1. The minimum atomic E-state index is -0.445. The average Bonchev–Trinajstić information content (AvgIpc) is 2.36. The summed E-state index contributed by atoms with van der Waals surface area (Å²) < 4.78 is 5.15. The van der Waals surface area contributed by atoms with Crippen molar-refractivity contribution in [3.05, 3.63) is 35.9 Å². The second kappa shape index (κ2) is 7.45. The van der Waals surface area contributed by atoms with Gasteiger partial charge < -0.3 is 15.8 Å². The second-order valence-corrected chi connectivity index (χ2v) is 4.09. The smallest absolute Gasteiger partial charge is 0.310 e. The van der Waals surface area contributed by atoms with E-state index in [-0.39, 0.29) is 25.0 Å². The molecule has 1 aromatic rings. The van der Waals surface area contributed by atoms with Crippen LogP contribution >= 0.6 is 0 Å². The summed E-state index contributed by atoms with van der Waals surface area (Å²) in [4.78, 5) is 22.1. The van der Waals surface area contributed by atoms with E-state index in [0.29, 0.717) is 6.54 Å². The predicted octanol–water partition coefficient (Wildman–Crippen LogP) is 0.441. The molecule has 0 aromatic heterocycles. The molecule has 1 atom stereocenters. The molecule has 0 aliphatic carbocycles. The summed E-state index contributed by atoms with van der Waals surface area (Å²) in [5.74, 6) is -1.05. The van der Waals surface area contributed by atoms with Gasteiger partial charge in [0.2, 0.25) is 5.91 Å². The molecule has 0 spiro atoms. The van der Waals surface area contributed by atoms with Gasteiger partial charge in [0.15, 0.2) is 0 Å². The molecule has 0 saturated carbocycles. The van der Waals surface area contributed by atoms with Crippen LogP contribution in [-0.2, 0) is 20.9 Å². The van der Waals surface area contributed by atoms with Crippen molar-refractivity contribution in [2.24, 2.45) is 11.7 Å². The fraction of sp³-hybridized carbons (Fsp3) is 0.385. The van der Waals surface area contributed by atoms with Crippen molar-refractivity contribution in [3.8, 4) is 0 Å². The third-order valence-corrected chi connectivity index (χ3v) is 2.38. The van der Waals surface area contributed by atoms with Crippen molar-refractivity contribution in [3.63, 3.8) is 0 Å². The Labute approximate surface area is 106 Å². The molecule has 5 heteroatoms. The number of rotatable bonds is 7. The van der Waals surface area contributed by atoms with Crippen LogP contribution in [0.3, 0.4) is 0 Å².